The summed E-state index contributed by atoms with van der Waals surface area (Å²) >= 11 is 1.21. The zero-order chi connectivity index (χ0) is 30.7. The normalized spacial score (nSPS) is 14.9. The van der Waals surface area contributed by atoms with E-state index in [0.29, 0.717) is 49.2 Å². The van der Waals surface area contributed by atoms with Gasteiger partial charge in [-0.3, -0.25) is 9.36 Å². The second-order valence-electron chi connectivity index (χ2n) is 10.3. The maximum absolute atomic E-state index is 14.0. The summed E-state index contributed by atoms with van der Waals surface area (Å²) in [5.74, 6) is 0.179. The number of aromatic nitrogens is 1. The molecule has 0 N–H and O–H groups in total. The first-order valence-electron chi connectivity index (χ1n) is 13.8. The van der Waals surface area contributed by atoms with Crippen LogP contribution in [-0.4, -0.2) is 43.9 Å². The number of methoxy groups -OCH3 is 2. The molecule has 10 heteroatoms. The lowest BCUT2D eigenvalue weighted by molar-refractivity contribution is -0.140. The summed E-state index contributed by atoms with van der Waals surface area (Å²) in [6.07, 6.45) is 1.64. The highest BCUT2D eigenvalue weighted by Crippen LogP contribution is 2.32. The quantitative estimate of drug-likeness (QED) is 0.204. The summed E-state index contributed by atoms with van der Waals surface area (Å²) in [4.78, 5) is 44.7. The van der Waals surface area contributed by atoms with Crippen LogP contribution in [0.15, 0.2) is 86.1 Å². The number of furan rings is 1. The Labute approximate surface area is 252 Å². The minimum Gasteiger partial charge on any atom is -0.465 e. The number of allylic oxidation sites excluding steroid dienone is 1. The van der Waals surface area contributed by atoms with Crippen LogP contribution >= 0.6 is 11.3 Å². The standard InChI is InChI=1S/C33H32N2O7S/c1-19(2)21-10-12-22(13-11-21)29-28(32(38)41-17-16-39-4)20(3)34-33-35(29)30(36)27(43-33)18-23-14-15-26(42-23)24-8-6-7-9-25(24)31(37)40-5/h6-15,18-19,29H,16-17H2,1-5H3. The average Bonchev–Trinajstić information content (AvgIpc) is 3.60. The molecule has 4 aromatic rings. The first-order chi connectivity index (χ1) is 20.7. The van der Waals surface area contributed by atoms with Gasteiger partial charge in [0.25, 0.3) is 5.56 Å². The molecule has 1 aliphatic heterocycles. The number of carbonyl (C=O) groups excluding carboxylic acids is 2. The third-order valence-corrected chi connectivity index (χ3v) is 8.16. The summed E-state index contributed by atoms with van der Waals surface area (Å²) in [5, 5.41) is 0. The van der Waals surface area contributed by atoms with E-state index in [-0.39, 0.29) is 18.8 Å². The fraction of sp³-hybridized carbons (Fsp3) is 0.273. The summed E-state index contributed by atoms with van der Waals surface area (Å²) in [6, 6.07) is 17.6. The number of fused-ring (bicyclic) bond motifs is 1. The number of thiazole rings is 1. The molecule has 5 rings (SSSR count). The van der Waals surface area contributed by atoms with Crippen LogP contribution in [0, 0.1) is 0 Å². The third kappa shape index (κ3) is 6.02. The van der Waals surface area contributed by atoms with E-state index in [1.54, 1.807) is 49.4 Å². The molecule has 0 fully saturated rings. The Bertz CT molecular complexity index is 1880. The average molecular weight is 601 g/mol. The molecular weight excluding hydrogens is 568 g/mol. The van der Waals surface area contributed by atoms with E-state index in [1.807, 2.05) is 24.3 Å². The molecule has 0 bridgehead atoms. The maximum Gasteiger partial charge on any atom is 0.338 e. The molecule has 9 nitrogen and oxygen atoms in total. The molecule has 0 radical (unpaired) electrons. The Morgan fingerprint density at radius 2 is 1.77 bits per heavy atom. The van der Waals surface area contributed by atoms with Crippen molar-refractivity contribution in [2.75, 3.05) is 27.4 Å². The van der Waals surface area contributed by atoms with E-state index in [0.717, 1.165) is 11.1 Å². The Morgan fingerprint density at radius 1 is 1.02 bits per heavy atom. The maximum atomic E-state index is 14.0. The molecule has 1 aliphatic rings. The molecule has 222 valence electrons. The lowest BCUT2D eigenvalue weighted by atomic mass is 9.93. The van der Waals surface area contributed by atoms with Crippen molar-refractivity contribution in [2.45, 2.75) is 32.7 Å². The molecule has 2 aromatic heterocycles. The van der Waals surface area contributed by atoms with Gasteiger partial charge in [-0.25, -0.2) is 14.6 Å². The first-order valence-corrected chi connectivity index (χ1v) is 14.6. The summed E-state index contributed by atoms with van der Waals surface area (Å²) in [7, 11) is 2.85. The van der Waals surface area contributed by atoms with Crippen LogP contribution < -0.4 is 14.9 Å². The summed E-state index contributed by atoms with van der Waals surface area (Å²) in [6.45, 7) is 6.29. The van der Waals surface area contributed by atoms with Crippen molar-refractivity contribution in [3.8, 4) is 11.3 Å². The van der Waals surface area contributed by atoms with Crippen LogP contribution in [0.1, 0.15) is 60.0 Å². The van der Waals surface area contributed by atoms with Crippen LogP contribution in [0.5, 0.6) is 0 Å². The Hall–Kier alpha value is -4.54. The van der Waals surface area contributed by atoms with Crippen molar-refractivity contribution in [1.82, 2.24) is 4.57 Å². The number of hydrogen-bond donors (Lipinski definition) is 0. The van der Waals surface area contributed by atoms with Gasteiger partial charge in [-0.15, -0.1) is 0 Å². The predicted octanol–water partition coefficient (Wildman–Crippen LogP) is 4.59. The largest absolute Gasteiger partial charge is 0.465 e. The van der Waals surface area contributed by atoms with Crippen LogP contribution in [0.4, 0.5) is 0 Å². The van der Waals surface area contributed by atoms with Crippen molar-refractivity contribution in [2.24, 2.45) is 4.99 Å². The number of ether oxygens (including phenoxy) is 3. The number of hydrogen-bond acceptors (Lipinski definition) is 9. The SMILES string of the molecule is COCCOC(=O)C1=C(C)N=c2sc(=Cc3ccc(-c4ccccc4C(=O)OC)o3)c(=O)n2C1c1ccc(C(C)C)cc1. The number of carbonyl (C=O) groups is 2. The number of benzene rings is 2. The first kappa shape index (κ1) is 29.9. The molecule has 1 atom stereocenters. The van der Waals surface area contributed by atoms with Gasteiger partial charge >= 0.3 is 11.9 Å². The van der Waals surface area contributed by atoms with E-state index in [2.05, 4.69) is 18.8 Å². The van der Waals surface area contributed by atoms with Gasteiger partial charge in [0.05, 0.1) is 41.1 Å². The van der Waals surface area contributed by atoms with Gasteiger partial charge in [0.1, 0.15) is 18.1 Å². The molecule has 3 heterocycles. The predicted molar refractivity (Wildman–Crippen MR) is 163 cm³/mol. The van der Waals surface area contributed by atoms with Crippen LogP contribution in [-0.2, 0) is 19.0 Å². The smallest absolute Gasteiger partial charge is 0.338 e. The van der Waals surface area contributed by atoms with Crippen LogP contribution in [0.25, 0.3) is 17.4 Å². The second kappa shape index (κ2) is 12.8. The lowest BCUT2D eigenvalue weighted by Gasteiger charge is -2.25. The highest BCUT2D eigenvalue weighted by atomic mass is 32.1. The van der Waals surface area contributed by atoms with E-state index >= 15 is 0 Å². The zero-order valence-corrected chi connectivity index (χ0v) is 25.4. The van der Waals surface area contributed by atoms with Crippen molar-refractivity contribution in [1.29, 1.82) is 0 Å². The van der Waals surface area contributed by atoms with Gasteiger partial charge in [0.2, 0.25) is 0 Å². The second-order valence-corrected chi connectivity index (χ2v) is 11.3. The van der Waals surface area contributed by atoms with Gasteiger partial charge in [0.15, 0.2) is 4.80 Å². The van der Waals surface area contributed by atoms with Gasteiger partial charge < -0.3 is 18.6 Å². The van der Waals surface area contributed by atoms with Gasteiger partial charge in [0, 0.05) is 18.7 Å². The molecule has 0 saturated heterocycles. The molecule has 2 aromatic carbocycles. The van der Waals surface area contributed by atoms with Crippen molar-refractivity contribution in [3.05, 3.63) is 114 Å². The highest BCUT2D eigenvalue weighted by Gasteiger charge is 2.33. The fourth-order valence-corrected chi connectivity index (χ4v) is 5.97. The molecule has 0 spiro atoms. The summed E-state index contributed by atoms with van der Waals surface area (Å²) < 4.78 is 23.4. The van der Waals surface area contributed by atoms with Gasteiger partial charge in [-0.2, -0.15) is 0 Å². The highest BCUT2D eigenvalue weighted by molar-refractivity contribution is 7.07. The topological polar surface area (TPSA) is 109 Å². The number of nitrogens with zero attached hydrogens (tertiary/aromatic N) is 2. The van der Waals surface area contributed by atoms with Crippen LogP contribution in [0.3, 0.4) is 0 Å². The third-order valence-electron chi connectivity index (χ3n) is 7.18. The van der Waals surface area contributed by atoms with Crippen molar-refractivity contribution >= 4 is 29.4 Å². The minimum atomic E-state index is -0.728. The Kier molecular flexibility index (Phi) is 8.89. The van der Waals surface area contributed by atoms with E-state index < -0.39 is 18.0 Å². The van der Waals surface area contributed by atoms with Crippen LogP contribution in [0.2, 0.25) is 0 Å². The van der Waals surface area contributed by atoms with E-state index in [1.165, 1.54) is 30.1 Å². The molecule has 0 saturated carbocycles. The van der Waals surface area contributed by atoms with E-state index in [9.17, 15) is 14.4 Å². The van der Waals surface area contributed by atoms with Crippen molar-refractivity contribution < 1.29 is 28.2 Å². The Balaban J connectivity index is 1.60. The van der Waals surface area contributed by atoms with Crippen molar-refractivity contribution in [3.63, 3.8) is 0 Å². The summed E-state index contributed by atoms with van der Waals surface area (Å²) in [5.41, 5.74) is 3.32. The fourth-order valence-electron chi connectivity index (χ4n) is 4.95. The van der Waals surface area contributed by atoms with Gasteiger partial charge in [-0.05, 0) is 42.2 Å². The van der Waals surface area contributed by atoms with Gasteiger partial charge in [-0.1, -0.05) is 67.6 Å². The monoisotopic (exact) mass is 600 g/mol. The number of rotatable bonds is 9. The molecule has 0 aliphatic carbocycles. The zero-order valence-electron chi connectivity index (χ0n) is 24.6. The number of esters is 2. The lowest BCUT2D eigenvalue weighted by Crippen LogP contribution is -2.40. The molecular formula is C33H32N2O7S. The molecule has 43 heavy (non-hydrogen) atoms. The molecule has 1 unspecified atom stereocenters. The minimum absolute atomic E-state index is 0.0788. The molecule has 0 amide bonds. The Morgan fingerprint density at radius 3 is 2.47 bits per heavy atom. The van der Waals surface area contributed by atoms with E-state index in [4.69, 9.17) is 18.6 Å².